The quantitative estimate of drug-likeness (QED) is 0.555. The molecule has 1 aromatic rings. The van der Waals surface area contributed by atoms with Gasteiger partial charge in [0.25, 0.3) is 0 Å². The Morgan fingerprint density at radius 3 is 2.59 bits per heavy atom. The number of hydrogen-bond acceptors (Lipinski definition) is 2. The lowest BCUT2D eigenvalue weighted by Crippen LogP contribution is -2.00. The first-order valence-electron chi connectivity index (χ1n) is 5.73. The van der Waals surface area contributed by atoms with E-state index in [1.165, 1.54) is 0 Å². The highest BCUT2D eigenvalue weighted by Gasteiger charge is 2.02. The van der Waals surface area contributed by atoms with E-state index in [1.54, 1.807) is 0 Å². The summed E-state index contributed by atoms with van der Waals surface area (Å²) in [5, 5.41) is 8.60. The van der Waals surface area contributed by atoms with Crippen LogP contribution >= 0.6 is 0 Å². The maximum atomic E-state index is 10.5. The lowest BCUT2D eigenvalue weighted by atomic mass is 10.1. The van der Waals surface area contributed by atoms with Gasteiger partial charge in [0.05, 0.1) is 6.61 Å². The van der Waals surface area contributed by atoms with E-state index in [-0.39, 0.29) is 5.57 Å². The summed E-state index contributed by atoms with van der Waals surface area (Å²) >= 11 is 0. The first-order chi connectivity index (χ1) is 8.20. The molecule has 0 amide bonds. The van der Waals surface area contributed by atoms with Gasteiger partial charge in [0.15, 0.2) is 0 Å². The molecular formula is C14H18O3. The Bertz CT molecular complexity index is 357. The molecule has 0 aromatic heterocycles. The second-order valence-electron chi connectivity index (χ2n) is 3.90. The van der Waals surface area contributed by atoms with Crippen molar-refractivity contribution in [2.75, 3.05) is 6.61 Å². The topological polar surface area (TPSA) is 46.5 Å². The molecule has 1 N–H and O–H groups in total. The van der Waals surface area contributed by atoms with Gasteiger partial charge in [-0.2, -0.15) is 0 Å². The molecule has 0 saturated heterocycles. The van der Waals surface area contributed by atoms with Crippen LogP contribution in [-0.4, -0.2) is 17.7 Å². The maximum Gasteiger partial charge on any atom is 0.330 e. The van der Waals surface area contributed by atoms with Gasteiger partial charge in [-0.15, -0.1) is 0 Å². The molecule has 0 unspecified atom stereocenters. The van der Waals surface area contributed by atoms with Crippen LogP contribution in [-0.2, 0) is 16.1 Å². The molecule has 0 aliphatic carbocycles. The standard InChI is InChI=1S/C14H18O3/c1-12(14(15)16)7-5-6-10-17-11-13-8-3-2-4-9-13/h2-4,8-9H,1,5-7,10-11H2,(H,15,16). The summed E-state index contributed by atoms with van der Waals surface area (Å²) < 4.78 is 5.48. The largest absolute Gasteiger partial charge is 0.478 e. The van der Waals surface area contributed by atoms with Crippen LogP contribution in [0.5, 0.6) is 0 Å². The van der Waals surface area contributed by atoms with Gasteiger partial charge in [-0.1, -0.05) is 36.9 Å². The SMILES string of the molecule is C=C(CCCCOCc1ccccc1)C(=O)O. The fourth-order valence-electron chi connectivity index (χ4n) is 1.41. The van der Waals surface area contributed by atoms with Crippen molar-refractivity contribution in [1.82, 2.24) is 0 Å². The van der Waals surface area contributed by atoms with Crippen molar-refractivity contribution in [1.29, 1.82) is 0 Å². The monoisotopic (exact) mass is 234 g/mol. The Morgan fingerprint density at radius 2 is 1.94 bits per heavy atom. The van der Waals surface area contributed by atoms with Crippen LogP contribution in [0.4, 0.5) is 0 Å². The molecule has 3 heteroatoms. The predicted octanol–water partition coefficient (Wildman–Crippen LogP) is 3.01. The molecule has 0 fully saturated rings. The number of aliphatic carboxylic acids is 1. The molecule has 0 radical (unpaired) electrons. The van der Waals surface area contributed by atoms with E-state index in [2.05, 4.69) is 6.58 Å². The second kappa shape index (κ2) is 7.63. The zero-order chi connectivity index (χ0) is 12.5. The van der Waals surface area contributed by atoms with Crippen molar-refractivity contribution >= 4 is 5.97 Å². The summed E-state index contributed by atoms with van der Waals surface area (Å²) in [5.74, 6) is -0.907. The van der Waals surface area contributed by atoms with Gasteiger partial charge in [0.2, 0.25) is 0 Å². The lowest BCUT2D eigenvalue weighted by molar-refractivity contribution is -0.132. The molecule has 0 spiro atoms. The predicted molar refractivity (Wildman–Crippen MR) is 66.7 cm³/mol. The molecule has 0 aliphatic rings. The number of carboxylic acid groups (broad SMARTS) is 1. The Labute approximate surface area is 102 Å². The third-order valence-corrected chi connectivity index (χ3v) is 2.43. The van der Waals surface area contributed by atoms with Gasteiger partial charge < -0.3 is 9.84 Å². The summed E-state index contributed by atoms with van der Waals surface area (Å²) in [6, 6.07) is 9.98. The van der Waals surface area contributed by atoms with E-state index in [9.17, 15) is 4.79 Å². The lowest BCUT2D eigenvalue weighted by Gasteiger charge is -2.04. The van der Waals surface area contributed by atoms with Gasteiger partial charge >= 0.3 is 5.97 Å². The van der Waals surface area contributed by atoms with Gasteiger partial charge in [-0.05, 0) is 24.8 Å². The number of carbonyl (C=O) groups is 1. The van der Waals surface area contributed by atoms with Crippen molar-refractivity contribution in [3.63, 3.8) is 0 Å². The van der Waals surface area contributed by atoms with Crippen LogP contribution in [0.3, 0.4) is 0 Å². The number of unbranched alkanes of at least 4 members (excludes halogenated alkanes) is 1. The van der Waals surface area contributed by atoms with Gasteiger partial charge in [0, 0.05) is 12.2 Å². The minimum atomic E-state index is -0.907. The van der Waals surface area contributed by atoms with E-state index in [0.29, 0.717) is 19.6 Å². The molecule has 0 atom stereocenters. The van der Waals surface area contributed by atoms with Crippen molar-refractivity contribution in [2.45, 2.75) is 25.9 Å². The molecule has 0 aliphatic heterocycles. The summed E-state index contributed by atoms with van der Waals surface area (Å²) in [7, 11) is 0. The van der Waals surface area contributed by atoms with Crippen molar-refractivity contribution in [3.8, 4) is 0 Å². The molecule has 0 saturated carbocycles. The highest BCUT2D eigenvalue weighted by Crippen LogP contribution is 2.06. The van der Waals surface area contributed by atoms with Crippen LogP contribution in [0.2, 0.25) is 0 Å². The molecule has 3 nitrogen and oxygen atoms in total. The number of ether oxygens (including phenoxy) is 1. The Kier molecular flexibility index (Phi) is 6.04. The Balaban J connectivity index is 2.02. The normalized spacial score (nSPS) is 10.1. The summed E-state index contributed by atoms with van der Waals surface area (Å²) in [5.41, 5.74) is 1.43. The maximum absolute atomic E-state index is 10.5. The van der Waals surface area contributed by atoms with Crippen LogP contribution in [0.1, 0.15) is 24.8 Å². The van der Waals surface area contributed by atoms with Crippen molar-refractivity contribution in [2.24, 2.45) is 0 Å². The molecule has 0 heterocycles. The smallest absolute Gasteiger partial charge is 0.330 e. The minimum Gasteiger partial charge on any atom is -0.478 e. The van der Waals surface area contributed by atoms with Crippen LogP contribution in [0, 0.1) is 0 Å². The summed E-state index contributed by atoms with van der Waals surface area (Å²) in [6.45, 7) is 4.75. The van der Waals surface area contributed by atoms with Crippen LogP contribution in [0.25, 0.3) is 0 Å². The molecule has 17 heavy (non-hydrogen) atoms. The highest BCUT2D eigenvalue weighted by molar-refractivity contribution is 5.85. The zero-order valence-corrected chi connectivity index (χ0v) is 9.89. The average Bonchev–Trinajstić information content (AvgIpc) is 2.34. The Hall–Kier alpha value is -1.61. The van der Waals surface area contributed by atoms with Gasteiger partial charge in [-0.3, -0.25) is 0 Å². The first kappa shape index (κ1) is 13.5. The third kappa shape index (κ3) is 5.88. The van der Waals surface area contributed by atoms with E-state index in [1.807, 2.05) is 30.3 Å². The van der Waals surface area contributed by atoms with Gasteiger partial charge in [0.1, 0.15) is 0 Å². The first-order valence-corrected chi connectivity index (χ1v) is 5.73. The Morgan fingerprint density at radius 1 is 1.24 bits per heavy atom. The highest BCUT2D eigenvalue weighted by atomic mass is 16.5. The fourth-order valence-corrected chi connectivity index (χ4v) is 1.41. The fraction of sp³-hybridized carbons (Fsp3) is 0.357. The van der Waals surface area contributed by atoms with Crippen molar-refractivity contribution in [3.05, 3.63) is 48.0 Å². The molecule has 92 valence electrons. The van der Waals surface area contributed by atoms with Crippen molar-refractivity contribution < 1.29 is 14.6 Å². The number of rotatable bonds is 8. The molecule has 0 bridgehead atoms. The third-order valence-electron chi connectivity index (χ3n) is 2.43. The van der Waals surface area contributed by atoms with E-state index in [4.69, 9.17) is 9.84 Å². The molecular weight excluding hydrogens is 216 g/mol. The average molecular weight is 234 g/mol. The number of carboxylic acids is 1. The van der Waals surface area contributed by atoms with Crippen LogP contribution < -0.4 is 0 Å². The van der Waals surface area contributed by atoms with E-state index in [0.717, 1.165) is 18.4 Å². The van der Waals surface area contributed by atoms with Crippen LogP contribution in [0.15, 0.2) is 42.5 Å². The number of benzene rings is 1. The van der Waals surface area contributed by atoms with Gasteiger partial charge in [-0.25, -0.2) is 4.79 Å². The second-order valence-corrected chi connectivity index (χ2v) is 3.90. The molecule has 1 aromatic carbocycles. The van der Waals surface area contributed by atoms with E-state index < -0.39 is 5.97 Å². The zero-order valence-electron chi connectivity index (χ0n) is 9.89. The van der Waals surface area contributed by atoms with E-state index >= 15 is 0 Å². The number of hydrogen-bond donors (Lipinski definition) is 1. The summed E-state index contributed by atoms with van der Waals surface area (Å²) in [6.07, 6.45) is 2.20. The molecule has 1 rings (SSSR count). The summed E-state index contributed by atoms with van der Waals surface area (Å²) in [4.78, 5) is 10.5. The minimum absolute atomic E-state index is 0.271.